The number of nitrogens with zero attached hydrogens (tertiary/aromatic N) is 3. The van der Waals surface area contributed by atoms with Gasteiger partial charge in [-0.2, -0.15) is 0 Å². The number of piperazine rings is 1. The van der Waals surface area contributed by atoms with E-state index >= 15 is 0 Å². The van der Waals surface area contributed by atoms with Gasteiger partial charge >= 0.3 is 0 Å². The number of aliphatic imine (C=N–C) groups is 1. The fourth-order valence-corrected chi connectivity index (χ4v) is 4.15. The van der Waals surface area contributed by atoms with Crippen LogP contribution in [-0.2, 0) is 22.1 Å². The molecule has 1 atom stereocenters. The van der Waals surface area contributed by atoms with Crippen LogP contribution in [0.2, 0.25) is 0 Å². The van der Waals surface area contributed by atoms with Gasteiger partial charge in [-0.25, -0.2) is 17.8 Å². The molecule has 0 amide bonds. The van der Waals surface area contributed by atoms with Gasteiger partial charge in [0.2, 0.25) is 0 Å². The molecule has 7 nitrogen and oxygen atoms in total. The molecule has 0 spiro atoms. The zero-order valence-electron chi connectivity index (χ0n) is 18.3. The van der Waals surface area contributed by atoms with Crippen LogP contribution < -0.4 is 10.6 Å². The van der Waals surface area contributed by atoms with Crippen molar-refractivity contribution < 1.29 is 12.8 Å². The molecule has 1 unspecified atom stereocenters. The molecule has 1 aliphatic heterocycles. The van der Waals surface area contributed by atoms with Gasteiger partial charge in [0.25, 0.3) is 0 Å². The van der Waals surface area contributed by atoms with E-state index in [1.54, 1.807) is 0 Å². The second-order valence-corrected chi connectivity index (χ2v) is 9.89. The summed E-state index contributed by atoms with van der Waals surface area (Å²) in [7, 11) is -1.07. The van der Waals surface area contributed by atoms with Crippen molar-refractivity contribution in [2.24, 2.45) is 4.99 Å². The van der Waals surface area contributed by atoms with Gasteiger partial charge in [-0.15, -0.1) is 24.0 Å². The van der Waals surface area contributed by atoms with E-state index in [4.69, 9.17) is 0 Å². The van der Waals surface area contributed by atoms with Crippen molar-refractivity contribution in [2.75, 3.05) is 52.6 Å². The van der Waals surface area contributed by atoms with Crippen molar-refractivity contribution in [1.29, 1.82) is 0 Å². The van der Waals surface area contributed by atoms with Crippen LogP contribution in [0.15, 0.2) is 23.2 Å². The van der Waals surface area contributed by atoms with Crippen LogP contribution in [0.1, 0.15) is 25.0 Å². The maximum atomic E-state index is 13.7. The summed E-state index contributed by atoms with van der Waals surface area (Å²) in [6.07, 6.45) is 1.18. The third-order valence-corrected chi connectivity index (χ3v) is 5.90. The number of halogens is 2. The van der Waals surface area contributed by atoms with Gasteiger partial charge in [-0.1, -0.05) is 6.07 Å². The molecule has 1 aromatic rings. The van der Waals surface area contributed by atoms with Crippen molar-refractivity contribution in [3.05, 3.63) is 35.1 Å². The third kappa shape index (κ3) is 9.44. The Bertz CT molecular complexity index is 798. The van der Waals surface area contributed by atoms with Gasteiger partial charge in [0.1, 0.15) is 5.82 Å². The Balaban J connectivity index is 0.00000450. The molecule has 1 aliphatic rings. The van der Waals surface area contributed by atoms with Gasteiger partial charge < -0.3 is 15.5 Å². The Morgan fingerprint density at radius 1 is 1.20 bits per heavy atom. The highest BCUT2D eigenvalue weighted by molar-refractivity contribution is 14.0. The zero-order chi connectivity index (χ0) is 21.4. The van der Waals surface area contributed by atoms with Crippen molar-refractivity contribution >= 4 is 39.8 Å². The Kier molecular flexibility index (Phi) is 11.5. The Labute approximate surface area is 197 Å². The van der Waals surface area contributed by atoms with E-state index in [0.29, 0.717) is 29.7 Å². The van der Waals surface area contributed by atoms with Crippen molar-refractivity contribution in [3.8, 4) is 0 Å². The molecule has 30 heavy (non-hydrogen) atoms. The van der Waals surface area contributed by atoms with E-state index < -0.39 is 15.7 Å². The van der Waals surface area contributed by atoms with E-state index in [0.717, 1.165) is 32.7 Å². The lowest BCUT2D eigenvalue weighted by Gasteiger charge is -2.36. The highest BCUT2D eigenvalue weighted by Crippen LogP contribution is 2.15. The molecule has 0 radical (unpaired) electrons. The maximum Gasteiger partial charge on any atom is 0.191 e. The first-order valence-corrected chi connectivity index (χ1v) is 12.1. The van der Waals surface area contributed by atoms with Gasteiger partial charge in [0, 0.05) is 51.6 Å². The molecular weight excluding hydrogens is 520 g/mol. The first kappa shape index (κ1) is 27.1. The number of nitrogens with one attached hydrogen (secondary N) is 2. The quantitative estimate of drug-likeness (QED) is 0.289. The summed E-state index contributed by atoms with van der Waals surface area (Å²) in [5.74, 6) is 0.125. The number of sulfone groups is 1. The van der Waals surface area contributed by atoms with Crippen molar-refractivity contribution in [3.63, 3.8) is 0 Å². The number of rotatable bonds is 8. The molecule has 0 aliphatic carbocycles. The molecular formula is C20H35FIN5O2S. The Morgan fingerprint density at radius 2 is 1.87 bits per heavy atom. The maximum absolute atomic E-state index is 13.7. The molecule has 0 bridgehead atoms. The molecule has 1 aromatic carbocycles. The largest absolute Gasteiger partial charge is 0.357 e. The number of benzene rings is 1. The lowest BCUT2D eigenvalue weighted by Crippen LogP contribution is -2.52. The molecule has 10 heteroatoms. The smallest absolute Gasteiger partial charge is 0.191 e. The lowest BCUT2D eigenvalue weighted by atomic mass is 10.1. The van der Waals surface area contributed by atoms with Gasteiger partial charge in [0.15, 0.2) is 15.8 Å². The minimum absolute atomic E-state index is 0. The monoisotopic (exact) mass is 555 g/mol. The van der Waals surface area contributed by atoms with Crippen LogP contribution in [-0.4, -0.2) is 82.8 Å². The lowest BCUT2D eigenvalue weighted by molar-refractivity contribution is 0.120. The average Bonchev–Trinajstić information content (AvgIpc) is 2.65. The molecule has 0 saturated carbocycles. The summed E-state index contributed by atoms with van der Waals surface area (Å²) < 4.78 is 37.0. The minimum Gasteiger partial charge on any atom is -0.357 e. The van der Waals surface area contributed by atoms with Crippen LogP contribution in [0.4, 0.5) is 4.39 Å². The first-order valence-electron chi connectivity index (χ1n) is 10.1. The molecule has 1 fully saturated rings. The third-order valence-electron chi connectivity index (χ3n) is 5.06. The van der Waals surface area contributed by atoms with E-state index in [1.807, 2.05) is 6.92 Å². The standard InChI is InChI=1S/C20H34FN5O2S.HI/c1-5-22-20(23-13-16(2)26-10-8-25(3)9-11-26)24-14-18-12-19(21)7-6-17(18)15-29(4,27)28;/h6-7,12,16H,5,8-11,13-15H2,1-4H3,(H2,22,23,24);1H. The van der Waals surface area contributed by atoms with Crippen LogP contribution in [0.25, 0.3) is 0 Å². The second kappa shape index (κ2) is 12.8. The van der Waals surface area contributed by atoms with Crippen molar-refractivity contribution in [1.82, 2.24) is 20.4 Å². The molecule has 2 N–H and O–H groups in total. The summed E-state index contributed by atoms with van der Waals surface area (Å²) in [6, 6.07) is 4.54. The Morgan fingerprint density at radius 3 is 2.47 bits per heavy atom. The number of hydrogen-bond acceptors (Lipinski definition) is 5. The van der Waals surface area contributed by atoms with Crippen LogP contribution >= 0.6 is 24.0 Å². The van der Waals surface area contributed by atoms with Crippen LogP contribution in [0.5, 0.6) is 0 Å². The summed E-state index contributed by atoms with van der Waals surface area (Å²) in [4.78, 5) is 9.33. The molecule has 2 rings (SSSR count). The highest BCUT2D eigenvalue weighted by Gasteiger charge is 2.19. The second-order valence-electron chi connectivity index (χ2n) is 7.75. The zero-order valence-corrected chi connectivity index (χ0v) is 21.5. The van der Waals surface area contributed by atoms with Crippen LogP contribution in [0, 0.1) is 5.82 Å². The number of likely N-dealkylation sites (N-methyl/N-ethyl adjacent to an activating group) is 1. The SMILES string of the molecule is CCNC(=NCc1cc(F)ccc1CS(C)(=O)=O)NCC(C)N1CCN(C)CC1.I. The molecule has 1 heterocycles. The summed E-state index contributed by atoms with van der Waals surface area (Å²) in [5, 5.41) is 6.55. The summed E-state index contributed by atoms with van der Waals surface area (Å²) in [6.45, 7) is 10.1. The number of guanidine groups is 1. The Hall–Kier alpha value is -0.980. The topological polar surface area (TPSA) is 77.0 Å². The summed E-state index contributed by atoms with van der Waals surface area (Å²) in [5.41, 5.74) is 1.17. The van der Waals surface area contributed by atoms with Gasteiger partial charge in [-0.3, -0.25) is 4.90 Å². The highest BCUT2D eigenvalue weighted by atomic mass is 127. The normalized spacial score (nSPS) is 17.3. The molecule has 172 valence electrons. The van der Waals surface area contributed by atoms with E-state index in [9.17, 15) is 12.8 Å². The molecule has 1 saturated heterocycles. The van der Waals surface area contributed by atoms with E-state index in [1.165, 1.54) is 24.5 Å². The van der Waals surface area contributed by atoms with Gasteiger partial charge in [-0.05, 0) is 44.2 Å². The average molecular weight is 556 g/mol. The minimum atomic E-state index is -3.21. The van der Waals surface area contributed by atoms with Crippen LogP contribution in [0.3, 0.4) is 0 Å². The summed E-state index contributed by atoms with van der Waals surface area (Å²) >= 11 is 0. The predicted molar refractivity (Wildman–Crippen MR) is 132 cm³/mol. The van der Waals surface area contributed by atoms with E-state index in [-0.39, 0.29) is 36.3 Å². The van der Waals surface area contributed by atoms with Gasteiger partial charge in [0.05, 0.1) is 12.3 Å². The fourth-order valence-electron chi connectivity index (χ4n) is 3.31. The number of hydrogen-bond donors (Lipinski definition) is 2. The van der Waals surface area contributed by atoms with E-state index in [2.05, 4.69) is 39.4 Å². The first-order chi connectivity index (χ1) is 13.7. The predicted octanol–water partition coefficient (Wildman–Crippen LogP) is 1.68. The fraction of sp³-hybridized carbons (Fsp3) is 0.650. The van der Waals surface area contributed by atoms with Crippen molar-refractivity contribution in [2.45, 2.75) is 32.2 Å². The molecule has 0 aromatic heterocycles.